The van der Waals surface area contributed by atoms with E-state index in [0.29, 0.717) is 13.2 Å². The van der Waals surface area contributed by atoms with Gasteiger partial charge in [-0.2, -0.15) is 0 Å². The molecule has 9 nitrogen and oxygen atoms in total. The largest absolute Gasteiger partial charge is 0.388 e. The Bertz CT molecular complexity index is 1180. The number of alkyl halides is 1. The molecule has 3 aliphatic heterocycles. The van der Waals surface area contributed by atoms with Crippen LogP contribution in [0, 0.1) is 5.92 Å². The number of nitrogens with zero attached hydrogens (tertiary/aromatic N) is 1. The molecule has 38 heavy (non-hydrogen) atoms. The van der Waals surface area contributed by atoms with Crippen molar-refractivity contribution in [1.82, 2.24) is 15.6 Å². The van der Waals surface area contributed by atoms with Crippen molar-refractivity contribution in [2.45, 2.75) is 66.8 Å². The van der Waals surface area contributed by atoms with Crippen LogP contribution < -0.4 is 10.6 Å². The van der Waals surface area contributed by atoms with Gasteiger partial charge in [0, 0.05) is 30.2 Å². The van der Waals surface area contributed by atoms with E-state index >= 15 is 0 Å². The fraction of sp³-hybridized carbons (Fsp3) is 0.556. The first-order chi connectivity index (χ1) is 18.3. The fourth-order valence-electron chi connectivity index (χ4n) is 5.77. The van der Waals surface area contributed by atoms with Crippen molar-refractivity contribution < 1.29 is 29.6 Å². The van der Waals surface area contributed by atoms with E-state index in [1.165, 1.54) is 17.3 Å². The summed E-state index contributed by atoms with van der Waals surface area (Å²) in [6.07, 6.45) is 2.79. The zero-order valence-corrected chi connectivity index (χ0v) is 22.8. The van der Waals surface area contributed by atoms with Gasteiger partial charge in [-0.05, 0) is 42.2 Å². The van der Waals surface area contributed by atoms with Crippen molar-refractivity contribution >= 4 is 45.6 Å². The van der Waals surface area contributed by atoms with Gasteiger partial charge in [0.25, 0.3) is 0 Å². The van der Waals surface area contributed by atoms with Gasteiger partial charge in [-0.3, -0.25) is 9.78 Å². The number of fused-ring (bicyclic) bond motifs is 2. The molecule has 0 saturated carbocycles. The number of carbonyl (C=O) groups is 1. The molecule has 0 spiro atoms. The van der Waals surface area contributed by atoms with Crippen LogP contribution in [-0.4, -0.2) is 99.0 Å². The Labute approximate surface area is 230 Å². The third kappa shape index (κ3) is 5.33. The number of ether oxygens (including phenoxy) is 2. The Morgan fingerprint density at radius 1 is 1.24 bits per heavy atom. The fourth-order valence-corrected chi connectivity index (χ4v) is 6.66. The van der Waals surface area contributed by atoms with Crippen LogP contribution in [-0.2, 0) is 14.3 Å². The lowest BCUT2D eigenvalue weighted by atomic mass is 9.89. The van der Waals surface area contributed by atoms with Gasteiger partial charge >= 0.3 is 0 Å². The number of hydrogen-bond acceptors (Lipinski definition) is 9. The number of amides is 1. The highest BCUT2D eigenvalue weighted by atomic mass is 35.5. The van der Waals surface area contributed by atoms with Crippen molar-refractivity contribution in [2.24, 2.45) is 5.92 Å². The molecule has 11 heteroatoms. The van der Waals surface area contributed by atoms with Crippen molar-refractivity contribution in [3.05, 3.63) is 48.3 Å². The summed E-state index contributed by atoms with van der Waals surface area (Å²) in [4.78, 5) is 17.7. The summed E-state index contributed by atoms with van der Waals surface area (Å²) in [6.45, 7) is 2.68. The van der Waals surface area contributed by atoms with Gasteiger partial charge in [-0.1, -0.05) is 24.3 Å². The number of aliphatic hydroxyl groups excluding tert-OH is 3. The Hall–Kier alpha value is -1.76. The predicted molar refractivity (Wildman–Crippen MR) is 147 cm³/mol. The molecule has 0 aliphatic carbocycles. The summed E-state index contributed by atoms with van der Waals surface area (Å²) in [5.74, 6) is -0.232. The maximum absolute atomic E-state index is 13.5. The van der Waals surface area contributed by atoms with Crippen molar-refractivity contribution in [1.29, 1.82) is 0 Å². The summed E-state index contributed by atoms with van der Waals surface area (Å²) in [7, 11) is 0. The number of hydrogen-bond donors (Lipinski definition) is 5. The number of aliphatic hydroxyl groups is 3. The zero-order chi connectivity index (χ0) is 27.0. The molecule has 5 rings (SSSR count). The van der Waals surface area contributed by atoms with Crippen LogP contribution in [0.1, 0.15) is 18.9 Å². The van der Waals surface area contributed by atoms with Crippen LogP contribution in [0.15, 0.2) is 42.7 Å². The number of rotatable bonds is 6. The van der Waals surface area contributed by atoms with Gasteiger partial charge in [0.1, 0.15) is 35.9 Å². The molecule has 0 bridgehead atoms. The third-order valence-electron chi connectivity index (χ3n) is 7.80. The molecule has 2 saturated heterocycles. The van der Waals surface area contributed by atoms with E-state index in [0.717, 1.165) is 22.8 Å². The first-order valence-electron chi connectivity index (χ1n) is 12.8. The van der Waals surface area contributed by atoms with E-state index < -0.39 is 47.3 Å². The molecule has 1 amide bonds. The number of nitrogens with one attached hydrogen (secondary N) is 2. The van der Waals surface area contributed by atoms with E-state index in [-0.39, 0.29) is 17.9 Å². The quantitative estimate of drug-likeness (QED) is 0.330. The molecule has 206 valence electrons. The summed E-state index contributed by atoms with van der Waals surface area (Å²) in [5, 5.41) is 39.1. The van der Waals surface area contributed by atoms with Gasteiger partial charge < -0.3 is 35.4 Å². The van der Waals surface area contributed by atoms with Crippen LogP contribution >= 0.6 is 23.4 Å². The Morgan fingerprint density at radius 3 is 2.82 bits per heavy atom. The van der Waals surface area contributed by atoms with Gasteiger partial charge in [-0.25, -0.2) is 0 Å². The lowest BCUT2D eigenvalue weighted by Crippen LogP contribution is -2.65. The van der Waals surface area contributed by atoms with Crippen molar-refractivity contribution in [3.8, 4) is 0 Å². The maximum Gasteiger partial charge on any atom is 0.240 e. The minimum atomic E-state index is -1.42. The molecule has 2 fully saturated rings. The first-order valence-corrected chi connectivity index (χ1v) is 14.6. The van der Waals surface area contributed by atoms with Crippen LogP contribution in [0.5, 0.6) is 0 Å². The molecule has 2 aromatic rings. The molecule has 10 atom stereocenters. The van der Waals surface area contributed by atoms with E-state index in [2.05, 4.69) is 27.8 Å². The van der Waals surface area contributed by atoms with Gasteiger partial charge in [0.05, 0.1) is 24.1 Å². The Kier molecular flexibility index (Phi) is 8.61. The summed E-state index contributed by atoms with van der Waals surface area (Å²) < 4.78 is 12.1. The van der Waals surface area contributed by atoms with E-state index in [9.17, 15) is 20.1 Å². The number of benzene rings is 1. The molecule has 3 aliphatic rings. The van der Waals surface area contributed by atoms with E-state index in [1.807, 2.05) is 24.4 Å². The summed E-state index contributed by atoms with van der Waals surface area (Å²) >= 11 is 7.66. The number of aromatic nitrogens is 1. The van der Waals surface area contributed by atoms with Crippen LogP contribution in [0.2, 0.25) is 0 Å². The highest BCUT2D eigenvalue weighted by molar-refractivity contribution is 7.99. The number of carbonyl (C=O) groups excluding carboxylic acids is 1. The number of allylic oxidation sites excluding steroid dienone is 1. The normalized spacial score (nSPS) is 35.2. The Balaban J connectivity index is 1.30. The number of halogens is 1. The molecule has 1 aromatic heterocycles. The van der Waals surface area contributed by atoms with Crippen molar-refractivity contribution in [2.75, 3.05) is 19.4 Å². The van der Waals surface area contributed by atoms with Crippen LogP contribution in [0.3, 0.4) is 0 Å². The highest BCUT2D eigenvalue weighted by Crippen LogP contribution is 2.36. The molecular formula is C27H34ClN3O6S. The lowest BCUT2D eigenvalue weighted by Gasteiger charge is -2.44. The zero-order valence-electron chi connectivity index (χ0n) is 21.2. The van der Waals surface area contributed by atoms with Gasteiger partial charge in [-0.15, -0.1) is 23.4 Å². The second kappa shape index (κ2) is 11.8. The first kappa shape index (κ1) is 27.8. The minimum absolute atomic E-state index is 0.0813. The average molecular weight is 564 g/mol. The standard InChI is InChI=1S/C27H34ClN3O6S/c1-13(28)19(25-22(33)21(32)23(34)27(37-25)38-2)31-26(35)20-24-16(12-30-20)10-14(7-9-36-24)17-5-3-4-15-11-29-8-6-18(15)17/h3-8,11,13,16,19-25,27,30,32-34H,9-10,12H2,1-2H3,(H,31,35)/t13-,16-,19+,20-,21?,22?,23+,24+,25+,27?/m0/s1. The molecule has 4 heterocycles. The Morgan fingerprint density at radius 2 is 2.05 bits per heavy atom. The molecule has 3 unspecified atom stereocenters. The number of thioether (sulfide) groups is 1. The summed E-state index contributed by atoms with van der Waals surface area (Å²) in [5.41, 5.74) is 1.56. The number of pyridine rings is 1. The van der Waals surface area contributed by atoms with E-state index in [1.54, 1.807) is 19.4 Å². The molecule has 5 N–H and O–H groups in total. The second-order valence-electron chi connectivity index (χ2n) is 10.2. The minimum Gasteiger partial charge on any atom is -0.388 e. The molecule has 0 radical (unpaired) electrons. The topological polar surface area (TPSA) is 133 Å². The SMILES string of the molecule is CSC1O[C@H]([C@H](NC(=O)[C@H]2NC[C@@H]3CC(c4cccc5cnccc45)=CCO[C@H]32)[C@H](C)Cl)C(O)C(O)[C@H]1O. The second-order valence-corrected chi connectivity index (χ2v) is 11.8. The van der Waals surface area contributed by atoms with E-state index in [4.69, 9.17) is 21.1 Å². The predicted octanol–water partition coefficient (Wildman–Crippen LogP) is 1.28. The molecule has 1 aromatic carbocycles. The summed E-state index contributed by atoms with van der Waals surface area (Å²) in [6, 6.07) is 6.78. The van der Waals surface area contributed by atoms with Crippen molar-refractivity contribution in [3.63, 3.8) is 0 Å². The lowest BCUT2D eigenvalue weighted by molar-refractivity contribution is -0.205. The monoisotopic (exact) mass is 563 g/mol. The third-order valence-corrected chi connectivity index (χ3v) is 8.93. The van der Waals surface area contributed by atoms with Crippen LogP contribution in [0.4, 0.5) is 0 Å². The average Bonchev–Trinajstić information content (AvgIpc) is 3.20. The smallest absolute Gasteiger partial charge is 0.240 e. The highest BCUT2D eigenvalue weighted by Gasteiger charge is 2.49. The van der Waals surface area contributed by atoms with Gasteiger partial charge in [0.2, 0.25) is 5.91 Å². The molecular weight excluding hydrogens is 530 g/mol. The van der Waals surface area contributed by atoms with Gasteiger partial charge in [0.15, 0.2) is 0 Å². The van der Waals surface area contributed by atoms with Crippen LogP contribution in [0.25, 0.3) is 16.3 Å². The maximum atomic E-state index is 13.5.